The first kappa shape index (κ1) is 18.2. The van der Waals surface area contributed by atoms with Gasteiger partial charge in [-0.3, -0.25) is 4.79 Å². The van der Waals surface area contributed by atoms with E-state index in [2.05, 4.69) is 16.0 Å². The van der Waals surface area contributed by atoms with Gasteiger partial charge in [0.1, 0.15) is 5.82 Å². The van der Waals surface area contributed by atoms with Gasteiger partial charge >= 0.3 is 6.03 Å². The molecule has 0 bridgehead atoms. The fourth-order valence-electron chi connectivity index (χ4n) is 2.54. The van der Waals surface area contributed by atoms with E-state index in [0.717, 1.165) is 19.4 Å². The van der Waals surface area contributed by atoms with Crippen LogP contribution in [0.3, 0.4) is 0 Å². The van der Waals surface area contributed by atoms with Crippen LogP contribution in [-0.2, 0) is 4.74 Å². The third-order valence-corrected chi connectivity index (χ3v) is 4.01. The summed E-state index contributed by atoms with van der Waals surface area (Å²) < 4.78 is 18.9. The largest absolute Gasteiger partial charge is 0.376 e. The lowest BCUT2D eigenvalue weighted by Gasteiger charge is -2.20. The Morgan fingerprint density at radius 3 is 2.75 bits per heavy atom. The topological polar surface area (TPSA) is 79.5 Å². The lowest BCUT2D eigenvalue weighted by Crippen LogP contribution is -2.47. The van der Waals surface area contributed by atoms with Crippen LogP contribution in [-0.4, -0.2) is 43.8 Å². The molecule has 1 aromatic rings. The number of hydrogen-bond acceptors (Lipinski definition) is 3. The smallest absolute Gasteiger partial charge is 0.315 e. The number of benzene rings is 1. The monoisotopic (exact) mass is 337 g/mol. The molecular weight excluding hydrogens is 313 g/mol. The average Bonchev–Trinajstić information content (AvgIpc) is 3.08. The quantitative estimate of drug-likeness (QED) is 0.692. The first-order valence-corrected chi connectivity index (χ1v) is 8.17. The lowest BCUT2D eigenvalue weighted by molar-refractivity contribution is 0.0860. The van der Waals surface area contributed by atoms with Crippen LogP contribution in [0, 0.1) is 12.7 Å². The number of ether oxygens (including phenoxy) is 1. The highest BCUT2D eigenvalue weighted by Gasteiger charge is 2.23. The SMILES string of the molecule is Cc1ccc(C(=O)NCCNC(=O)N[C@H](C)[C@@H]2CCCO2)cc1F. The molecule has 1 fully saturated rings. The van der Waals surface area contributed by atoms with E-state index in [1.165, 1.54) is 6.07 Å². The zero-order chi connectivity index (χ0) is 17.5. The Labute approximate surface area is 141 Å². The average molecular weight is 337 g/mol. The second-order valence-corrected chi connectivity index (χ2v) is 5.96. The van der Waals surface area contributed by atoms with E-state index in [1.807, 2.05) is 6.92 Å². The Bertz CT molecular complexity index is 588. The minimum absolute atomic E-state index is 0.0578. The minimum atomic E-state index is -0.414. The van der Waals surface area contributed by atoms with Crippen LogP contribution in [0.15, 0.2) is 18.2 Å². The summed E-state index contributed by atoms with van der Waals surface area (Å²) in [5.74, 6) is -0.785. The predicted octanol–water partition coefficient (Wildman–Crippen LogP) is 1.73. The van der Waals surface area contributed by atoms with E-state index >= 15 is 0 Å². The minimum Gasteiger partial charge on any atom is -0.376 e. The van der Waals surface area contributed by atoms with E-state index in [0.29, 0.717) is 5.56 Å². The summed E-state index contributed by atoms with van der Waals surface area (Å²) >= 11 is 0. The molecular formula is C17H24FN3O3. The maximum absolute atomic E-state index is 13.4. The number of carbonyl (C=O) groups excluding carboxylic acids is 2. The summed E-state index contributed by atoms with van der Waals surface area (Å²) in [5.41, 5.74) is 0.750. The molecule has 132 valence electrons. The molecule has 0 spiro atoms. The molecule has 1 aromatic carbocycles. The van der Waals surface area contributed by atoms with Crippen molar-refractivity contribution in [3.63, 3.8) is 0 Å². The molecule has 3 N–H and O–H groups in total. The molecule has 7 heteroatoms. The Morgan fingerprint density at radius 1 is 1.33 bits per heavy atom. The van der Waals surface area contributed by atoms with Crippen molar-refractivity contribution in [3.05, 3.63) is 35.1 Å². The molecule has 24 heavy (non-hydrogen) atoms. The van der Waals surface area contributed by atoms with E-state index in [4.69, 9.17) is 4.74 Å². The van der Waals surface area contributed by atoms with Gasteiger partial charge in [-0.15, -0.1) is 0 Å². The maximum atomic E-state index is 13.4. The van der Waals surface area contributed by atoms with Crippen molar-refractivity contribution in [1.82, 2.24) is 16.0 Å². The van der Waals surface area contributed by atoms with Crippen molar-refractivity contribution < 1.29 is 18.7 Å². The predicted molar refractivity (Wildman–Crippen MR) is 88.4 cm³/mol. The molecule has 1 heterocycles. The van der Waals surface area contributed by atoms with Crippen LogP contribution in [0.25, 0.3) is 0 Å². The van der Waals surface area contributed by atoms with Crippen molar-refractivity contribution in [2.75, 3.05) is 19.7 Å². The van der Waals surface area contributed by atoms with Gasteiger partial charge in [0.05, 0.1) is 12.1 Å². The number of nitrogens with one attached hydrogen (secondary N) is 3. The van der Waals surface area contributed by atoms with Gasteiger partial charge in [-0.05, 0) is 44.4 Å². The van der Waals surface area contributed by atoms with E-state index in [-0.39, 0.29) is 42.7 Å². The first-order valence-electron chi connectivity index (χ1n) is 8.17. The highest BCUT2D eigenvalue weighted by molar-refractivity contribution is 5.94. The summed E-state index contributed by atoms with van der Waals surface area (Å²) in [6.45, 7) is 4.82. The van der Waals surface area contributed by atoms with Gasteiger partial charge in [0.15, 0.2) is 0 Å². The van der Waals surface area contributed by atoms with Crippen molar-refractivity contribution in [2.45, 2.75) is 38.8 Å². The van der Waals surface area contributed by atoms with Gasteiger partial charge < -0.3 is 20.7 Å². The van der Waals surface area contributed by atoms with Crippen LogP contribution in [0.2, 0.25) is 0 Å². The second-order valence-electron chi connectivity index (χ2n) is 5.96. The van der Waals surface area contributed by atoms with Crippen LogP contribution >= 0.6 is 0 Å². The number of amides is 3. The van der Waals surface area contributed by atoms with Gasteiger partial charge in [-0.2, -0.15) is 0 Å². The molecule has 6 nitrogen and oxygen atoms in total. The highest BCUT2D eigenvalue weighted by Crippen LogP contribution is 2.15. The van der Waals surface area contributed by atoms with Crippen LogP contribution in [0.1, 0.15) is 35.7 Å². The first-order chi connectivity index (χ1) is 11.5. The highest BCUT2D eigenvalue weighted by atomic mass is 19.1. The maximum Gasteiger partial charge on any atom is 0.315 e. The number of halogens is 1. The number of hydrogen-bond donors (Lipinski definition) is 3. The molecule has 1 aliphatic rings. The fourth-order valence-corrected chi connectivity index (χ4v) is 2.54. The second kappa shape index (κ2) is 8.63. The van der Waals surface area contributed by atoms with E-state index in [9.17, 15) is 14.0 Å². The summed E-state index contributed by atoms with van der Waals surface area (Å²) in [7, 11) is 0. The summed E-state index contributed by atoms with van der Waals surface area (Å²) in [4.78, 5) is 23.6. The van der Waals surface area contributed by atoms with Gasteiger partial charge in [0.2, 0.25) is 0 Å². The molecule has 0 radical (unpaired) electrons. The van der Waals surface area contributed by atoms with Crippen molar-refractivity contribution in [2.24, 2.45) is 0 Å². The fraction of sp³-hybridized carbons (Fsp3) is 0.529. The molecule has 0 unspecified atom stereocenters. The molecule has 0 aromatic heterocycles. The van der Waals surface area contributed by atoms with Crippen LogP contribution < -0.4 is 16.0 Å². The Kier molecular flexibility index (Phi) is 6.54. The van der Waals surface area contributed by atoms with Crippen molar-refractivity contribution in [1.29, 1.82) is 0 Å². The van der Waals surface area contributed by atoms with Crippen LogP contribution in [0.4, 0.5) is 9.18 Å². The van der Waals surface area contributed by atoms with Gasteiger partial charge in [-0.1, -0.05) is 6.07 Å². The molecule has 0 saturated carbocycles. The summed E-state index contributed by atoms with van der Waals surface area (Å²) in [5, 5.41) is 8.12. The van der Waals surface area contributed by atoms with Crippen LogP contribution in [0.5, 0.6) is 0 Å². The Hall–Kier alpha value is -2.15. The molecule has 0 aliphatic carbocycles. The van der Waals surface area contributed by atoms with Gasteiger partial charge in [-0.25, -0.2) is 9.18 Å². The number of aryl methyl sites for hydroxylation is 1. The molecule has 2 rings (SSSR count). The summed E-state index contributed by atoms with van der Waals surface area (Å²) in [6.07, 6.45) is 2.03. The molecule has 3 amide bonds. The number of urea groups is 1. The number of rotatable bonds is 6. The molecule has 1 saturated heterocycles. The van der Waals surface area contributed by atoms with Gasteiger partial charge in [0, 0.05) is 25.3 Å². The Balaban J connectivity index is 1.65. The standard InChI is InChI=1S/C17H24FN3O3/c1-11-5-6-13(10-14(11)18)16(22)19-7-8-20-17(23)21-12(2)15-4-3-9-24-15/h5-6,10,12,15H,3-4,7-9H2,1-2H3,(H,19,22)(H2,20,21,23)/t12-,15+/m1/s1. The zero-order valence-corrected chi connectivity index (χ0v) is 14.0. The lowest BCUT2D eigenvalue weighted by atomic mass is 10.1. The van der Waals surface area contributed by atoms with E-state index in [1.54, 1.807) is 19.1 Å². The summed E-state index contributed by atoms with van der Waals surface area (Å²) in [6, 6.07) is 3.97. The zero-order valence-electron chi connectivity index (χ0n) is 14.0. The van der Waals surface area contributed by atoms with E-state index < -0.39 is 5.82 Å². The Morgan fingerprint density at radius 2 is 2.08 bits per heavy atom. The molecule has 2 atom stereocenters. The third-order valence-electron chi connectivity index (χ3n) is 4.01. The number of carbonyl (C=O) groups is 2. The van der Waals surface area contributed by atoms with Crippen molar-refractivity contribution >= 4 is 11.9 Å². The third kappa shape index (κ3) is 5.19. The van der Waals surface area contributed by atoms with Crippen molar-refractivity contribution in [3.8, 4) is 0 Å². The van der Waals surface area contributed by atoms with Gasteiger partial charge in [0.25, 0.3) is 5.91 Å². The molecule has 1 aliphatic heterocycles. The normalized spacial score (nSPS) is 18.0.